The SMILES string of the molecule is CCOc1c(C(C)(C)C)cc(-c2cc3c(C)cccn3c2C=O)cc1C(C)(C)C. The molecule has 0 aliphatic heterocycles. The summed E-state index contributed by atoms with van der Waals surface area (Å²) in [6.07, 6.45) is 2.92. The predicted molar refractivity (Wildman–Crippen MR) is 122 cm³/mol. The number of aryl methyl sites for hydroxylation is 1. The molecule has 0 saturated heterocycles. The fraction of sp³-hybridized carbons (Fsp3) is 0.423. The summed E-state index contributed by atoms with van der Waals surface area (Å²) in [4.78, 5) is 12.1. The molecule has 0 amide bonds. The molecule has 154 valence electrons. The molecule has 3 nitrogen and oxygen atoms in total. The summed E-state index contributed by atoms with van der Waals surface area (Å²) in [7, 11) is 0. The Bertz CT molecular complexity index is 1020. The topological polar surface area (TPSA) is 30.7 Å². The third-order valence-corrected chi connectivity index (χ3v) is 5.48. The molecule has 2 heterocycles. The van der Waals surface area contributed by atoms with Crippen LogP contribution in [0.2, 0.25) is 0 Å². The number of hydrogen-bond acceptors (Lipinski definition) is 2. The highest BCUT2D eigenvalue weighted by molar-refractivity contribution is 5.91. The van der Waals surface area contributed by atoms with Crippen molar-refractivity contribution in [3.63, 3.8) is 0 Å². The highest BCUT2D eigenvalue weighted by Gasteiger charge is 2.29. The van der Waals surface area contributed by atoms with E-state index in [4.69, 9.17) is 4.74 Å². The molecular formula is C26H33NO2. The van der Waals surface area contributed by atoms with Crippen molar-refractivity contribution in [1.29, 1.82) is 0 Å². The quantitative estimate of drug-likeness (QED) is 0.462. The molecule has 3 heteroatoms. The Kier molecular flexibility index (Phi) is 5.38. The highest BCUT2D eigenvalue weighted by Crippen LogP contribution is 2.43. The standard InChI is InChI=1S/C26H33NO2/c1-9-29-24-20(25(3,4)5)13-18(14-21(24)26(6,7)8)19-15-22-17(2)11-10-12-27(22)23(19)16-28/h10-16H,9H2,1-8H3. The lowest BCUT2D eigenvalue weighted by Crippen LogP contribution is -2.20. The molecule has 0 unspecified atom stereocenters. The first-order chi connectivity index (χ1) is 13.5. The Balaban J connectivity index is 2.41. The zero-order chi connectivity index (χ0) is 21.6. The summed E-state index contributed by atoms with van der Waals surface area (Å²) in [5, 5.41) is 0. The number of rotatable bonds is 4. The molecule has 3 aromatic rings. The Morgan fingerprint density at radius 2 is 1.59 bits per heavy atom. The first-order valence-corrected chi connectivity index (χ1v) is 10.4. The van der Waals surface area contributed by atoms with Gasteiger partial charge >= 0.3 is 0 Å². The molecule has 1 aromatic carbocycles. The summed E-state index contributed by atoms with van der Waals surface area (Å²) in [6, 6.07) is 10.6. The lowest BCUT2D eigenvalue weighted by molar-refractivity contribution is 0.111. The van der Waals surface area contributed by atoms with Gasteiger partial charge in [0.2, 0.25) is 0 Å². The second-order valence-corrected chi connectivity index (χ2v) is 9.84. The summed E-state index contributed by atoms with van der Waals surface area (Å²) in [5.41, 5.74) is 7.10. The fourth-order valence-electron chi connectivity index (χ4n) is 3.91. The van der Waals surface area contributed by atoms with Gasteiger partial charge < -0.3 is 9.14 Å². The molecule has 0 atom stereocenters. The van der Waals surface area contributed by atoms with Gasteiger partial charge in [-0.2, -0.15) is 0 Å². The average Bonchev–Trinajstić information content (AvgIpc) is 3.00. The minimum atomic E-state index is -0.0864. The van der Waals surface area contributed by atoms with E-state index in [9.17, 15) is 4.79 Å². The van der Waals surface area contributed by atoms with Crippen molar-refractivity contribution in [3.8, 4) is 16.9 Å². The minimum absolute atomic E-state index is 0.0864. The van der Waals surface area contributed by atoms with E-state index in [-0.39, 0.29) is 10.8 Å². The van der Waals surface area contributed by atoms with Gasteiger partial charge in [0.15, 0.2) is 6.29 Å². The lowest BCUT2D eigenvalue weighted by atomic mass is 9.77. The second-order valence-electron chi connectivity index (χ2n) is 9.84. The van der Waals surface area contributed by atoms with Crippen LogP contribution in [0.1, 0.15) is 75.6 Å². The van der Waals surface area contributed by atoms with Crippen LogP contribution in [-0.4, -0.2) is 17.3 Å². The highest BCUT2D eigenvalue weighted by atomic mass is 16.5. The summed E-state index contributed by atoms with van der Waals surface area (Å²) in [6.45, 7) is 18.0. The average molecular weight is 392 g/mol. The Hall–Kier alpha value is -2.55. The van der Waals surface area contributed by atoms with Crippen LogP contribution in [0.25, 0.3) is 16.6 Å². The molecule has 0 saturated carbocycles. The maximum Gasteiger partial charge on any atom is 0.167 e. The third kappa shape index (κ3) is 3.83. The number of benzene rings is 1. The molecule has 2 aromatic heterocycles. The normalized spacial score (nSPS) is 12.4. The minimum Gasteiger partial charge on any atom is -0.493 e. The van der Waals surface area contributed by atoms with E-state index >= 15 is 0 Å². The van der Waals surface area contributed by atoms with E-state index in [1.165, 1.54) is 11.1 Å². The van der Waals surface area contributed by atoms with Gasteiger partial charge in [-0.15, -0.1) is 0 Å². The van der Waals surface area contributed by atoms with E-state index in [2.05, 4.69) is 72.7 Å². The molecule has 0 spiro atoms. The zero-order valence-corrected chi connectivity index (χ0v) is 19.0. The van der Waals surface area contributed by atoms with Gasteiger partial charge in [0.1, 0.15) is 5.75 Å². The molecule has 0 radical (unpaired) electrons. The van der Waals surface area contributed by atoms with E-state index < -0.39 is 0 Å². The van der Waals surface area contributed by atoms with Crippen molar-refractivity contribution in [1.82, 2.24) is 4.40 Å². The largest absolute Gasteiger partial charge is 0.493 e. The van der Waals surface area contributed by atoms with Gasteiger partial charge in [-0.25, -0.2) is 0 Å². The summed E-state index contributed by atoms with van der Waals surface area (Å²) in [5.74, 6) is 0.976. The molecular weight excluding hydrogens is 358 g/mol. The monoisotopic (exact) mass is 391 g/mol. The van der Waals surface area contributed by atoms with Crippen molar-refractivity contribution < 1.29 is 9.53 Å². The molecule has 3 rings (SSSR count). The first-order valence-electron chi connectivity index (χ1n) is 10.4. The van der Waals surface area contributed by atoms with E-state index in [0.717, 1.165) is 34.2 Å². The molecule has 0 N–H and O–H groups in total. The zero-order valence-electron chi connectivity index (χ0n) is 19.0. The van der Waals surface area contributed by atoms with Gasteiger partial charge in [0, 0.05) is 28.4 Å². The second kappa shape index (κ2) is 7.37. The van der Waals surface area contributed by atoms with Crippen molar-refractivity contribution in [2.45, 2.75) is 66.2 Å². The van der Waals surface area contributed by atoms with Crippen LogP contribution in [0, 0.1) is 6.92 Å². The lowest BCUT2D eigenvalue weighted by Gasteiger charge is -2.30. The Morgan fingerprint density at radius 3 is 2.07 bits per heavy atom. The molecule has 0 bridgehead atoms. The van der Waals surface area contributed by atoms with Crippen LogP contribution < -0.4 is 4.74 Å². The van der Waals surface area contributed by atoms with Crippen molar-refractivity contribution in [2.24, 2.45) is 0 Å². The fourth-order valence-corrected chi connectivity index (χ4v) is 3.91. The van der Waals surface area contributed by atoms with Gasteiger partial charge in [-0.1, -0.05) is 47.6 Å². The van der Waals surface area contributed by atoms with Gasteiger partial charge in [-0.3, -0.25) is 4.79 Å². The number of aldehydes is 1. The predicted octanol–water partition coefficient (Wildman–Crippen LogP) is 6.72. The Labute approximate surface area is 174 Å². The van der Waals surface area contributed by atoms with Gasteiger partial charge in [-0.05, 0) is 60.1 Å². The maximum atomic E-state index is 12.1. The van der Waals surface area contributed by atoms with Crippen LogP contribution in [0.15, 0.2) is 36.5 Å². The number of nitrogens with zero attached hydrogens (tertiary/aromatic N) is 1. The number of carbonyl (C=O) groups is 1. The van der Waals surface area contributed by atoms with E-state index in [1.807, 2.05) is 23.6 Å². The maximum absolute atomic E-state index is 12.1. The number of ether oxygens (including phenoxy) is 1. The molecule has 0 aliphatic rings. The molecule has 0 aliphatic carbocycles. The Morgan fingerprint density at radius 1 is 1.00 bits per heavy atom. The van der Waals surface area contributed by atoms with Crippen molar-refractivity contribution >= 4 is 11.8 Å². The number of hydrogen-bond donors (Lipinski definition) is 0. The molecule has 0 fully saturated rings. The van der Waals surface area contributed by atoms with Crippen molar-refractivity contribution in [2.75, 3.05) is 6.61 Å². The van der Waals surface area contributed by atoms with E-state index in [1.54, 1.807) is 0 Å². The van der Waals surface area contributed by atoms with Crippen LogP contribution in [0.4, 0.5) is 0 Å². The smallest absolute Gasteiger partial charge is 0.167 e. The van der Waals surface area contributed by atoms with Crippen LogP contribution >= 0.6 is 0 Å². The van der Waals surface area contributed by atoms with Crippen LogP contribution in [0.5, 0.6) is 5.75 Å². The summed E-state index contributed by atoms with van der Waals surface area (Å²) >= 11 is 0. The number of aromatic nitrogens is 1. The van der Waals surface area contributed by atoms with Crippen LogP contribution in [0.3, 0.4) is 0 Å². The third-order valence-electron chi connectivity index (χ3n) is 5.48. The van der Waals surface area contributed by atoms with E-state index in [0.29, 0.717) is 12.3 Å². The molecule has 29 heavy (non-hydrogen) atoms. The number of pyridine rings is 1. The number of fused-ring (bicyclic) bond motifs is 1. The van der Waals surface area contributed by atoms with Crippen molar-refractivity contribution in [3.05, 3.63) is 58.9 Å². The van der Waals surface area contributed by atoms with Crippen LogP contribution in [-0.2, 0) is 10.8 Å². The van der Waals surface area contributed by atoms with Gasteiger partial charge in [0.05, 0.1) is 12.3 Å². The first kappa shape index (κ1) is 21.2. The number of carbonyl (C=O) groups excluding carboxylic acids is 1. The van der Waals surface area contributed by atoms with Gasteiger partial charge in [0.25, 0.3) is 0 Å². The summed E-state index contributed by atoms with van der Waals surface area (Å²) < 4.78 is 8.16.